The van der Waals surface area contributed by atoms with Crippen molar-refractivity contribution in [1.82, 2.24) is 10.3 Å². The Morgan fingerprint density at radius 3 is 3.00 bits per heavy atom. The molecular weight excluding hydrogens is 184 g/mol. The van der Waals surface area contributed by atoms with Crippen LogP contribution < -0.4 is 5.32 Å². The first-order valence-electron chi connectivity index (χ1n) is 5.67. The molecule has 0 radical (unpaired) electrons. The lowest BCUT2D eigenvalue weighted by Crippen LogP contribution is -2.09. The first-order valence-corrected chi connectivity index (χ1v) is 5.67. The summed E-state index contributed by atoms with van der Waals surface area (Å²) in [6, 6.07) is 4.30. The van der Waals surface area contributed by atoms with Gasteiger partial charge in [0, 0.05) is 18.4 Å². The quantitative estimate of drug-likeness (QED) is 0.750. The Hall–Kier alpha value is -1.15. The zero-order chi connectivity index (χ0) is 10.3. The van der Waals surface area contributed by atoms with E-state index in [1.54, 1.807) is 0 Å². The highest BCUT2D eigenvalue weighted by Gasteiger charge is 2.31. The van der Waals surface area contributed by atoms with E-state index >= 15 is 0 Å². The number of nitrogens with one attached hydrogen (secondary N) is 1. The predicted molar refractivity (Wildman–Crippen MR) is 61.4 cm³/mol. The summed E-state index contributed by atoms with van der Waals surface area (Å²) in [7, 11) is 0. The van der Waals surface area contributed by atoms with Crippen LogP contribution in [0.1, 0.15) is 17.7 Å². The van der Waals surface area contributed by atoms with Crippen LogP contribution in [0.5, 0.6) is 0 Å². The average molecular weight is 200 g/mol. The number of pyridine rings is 1. The molecular formula is C13H16N2. The molecule has 15 heavy (non-hydrogen) atoms. The average Bonchev–Trinajstić information content (AvgIpc) is 2.78. The predicted octanol–water partition coefficient (Wildman–Crippen LogP) is 2.01. The minimum atomic E-state index is 0.765. The van der Waals surface area contributed by atoms with Gasteiger partial charge in [0.1, 0.15) is 0 Å². The monoisotopic (exact) mass is 200 g/mol. The van der Waals surface area contributed by atoms with Crippen molar-refractivity contribution in [3.8, 4) is 0 Å². The van der Waals surface area contributed by atoms with Crippen LogP contribution in [0.4, 0.5) is 0 Å². The molecule has 1 aliphatic heterocycles. The third-order valence-corrected chi connectivity index (χ3v) is 3.57. The maximum absolute atomic E-state index is 4.36. The number of rotatable bonds is 1. The van der Waals surface area contributed by atoms with E-state index < -0.39 is 0 Å². The lowest BCUT2D eigenvalue weighted by atomic mass is 9.99. The fraction of sp³-hybridized carbons (Fsp3) is 0.462. The summed E-state index contributed by atoms with van der Waals surface area (Å²) in [6.07, 6.45) is 5.68. The summed E-state index contributed by atoms with van der Waals surface area (Å²) < 4.78 is 0. The first kappa shape index (κ1) is 9.10. The molecule has 0 amide bonds. The van der Waals surface area contributed by atoms with Gasteiger partial charge in [-0.2, -0.15) is 0 Å². The minimum absolute atomic E-state index is 0.765. The number of allylic oxidation sites excluding steroid dienone is 1. The summed E-state index contributed by atoms with van der Waals surface area (Å²) in [4.78, 5) is 4.36. The van der Waals surface area contributed by atoms with Crippen molar-refractivity contribution in [3.63, 3.8) is 0 Å². The van der Waals surface area contributed by atoms with E-state index in [-0.39, 0.29) is 0 Å². The second kappa shape index (κ2) is 3.46. The zero-order valence-corrected chi connectivity index (χ0v) is 9.03. The molecule has 1 N–H and O–H groups in total. The van der Waals surface area contributed by atoms with E-state index in [0.29, 0.717) is 0 Å². The maximum atomic E-state index is 4.36. The Bertz CT molecular complexity index is 392. The van der Waals surface area contributed by atoms with E-state index in [9.17, 15) is 0 Å². The van der Waals surface area contributed by atoms with Crippen LogP contribution in [0.25, 0.3) is 5.57 Å². The van der Waals surface area contributed by atoms with Gasteiger partial charge in [0.15, 0.2) is 0 Å². The van der Waals surface area contributed by atoms with E-state index in [1.165, 1.54) is 24.1 Å². The third-order valence-electron chi connectivity index (χ3n) is 3.57. The van der Waals surface area contributed by atoms with Crippen LogP contribution in [0, 0.1) is 18.8 Å². The van der Waals surface area contributed by atoms with Crippen molar-refractivity contribution in [2.45, 2.75) is 13.3 Å². The molecule has 78 valence electrons. The fourth-order valence-corrected chi connectivity index (χ4v) is 2.65. The highest BCUT2D eigenvalue weighted by atomic mass is 14.9. The smallest absolute Gasteiger partial charge is 0.0373 e. The number of hydrogen-bond acceptors (Lipinski definition) is 2. The minimum Gasteiger partial charge on any atom is -0.316 e. The van der Waals surface area contributed by atoms with Gasteiger partial charge < -0.3 is 5.32 Å². The number of aryl methyl sites for hydroxylation is 1. The standard InChI is InChI=1S/C13H16N2/c1-9-2-3-10(8-15-9)11-4-12-6-14-7-13(12)5-11/h2-4,8,12-14H,5-7H2,1H3/t12-,13+/m1/s1. The topological polar surface area (TPSA) is 24.9 Å². The largest absolute Gasteiger partial charge is 0.316 e. The molecule has 1 aromatic heterocycles. The van der Waals surface area contributed by atoms with Crippen LogP contribution in [-0.2, 0) is 0 Å². The van der Waals surface area contributed by atoms with Crippen molar-refractivity contribution in [1.29, 1.82) is 0 Å². The molecule has 2 heteroatoms. The molecule has 3 rings (SSSR count). The van der Waals surface area contributed by atoms with Gasteiger partial charge >= 0.3 is 0 Å². The van der Waals surface area contributed by atoms with Crippen molar-refractivity contribution in [2.24, 2.45) is 11.8 Å². The van der Waals surface area contributed by atoms with Crippen molar-refractivity contribution in [3.05, 3.63) is 35.7 Å². The molecule has 2 aliphatic rings. The molecule has 2 atom stereocenters. The van der Waals surface area contributed by atoms with Crippen LogP contribution >= 0.6 is 0 Å². The van der Waals surface area contributed by atoms with Gasteiger partial charge in [-0.25, -0.2) is 0 Å². The van der Waals surface area contributed by atoms with Gasteiger partial charge in [0.05, 0.1) is 0 Å². The van der Waals surface area contributed by atoms with Gasteiger partial charge in [-0.1, -0.05) is 12.1 Å². The van der Waals surface area contributed by atoms with Gasteiger partial charge in [0.25, 0.3) is 0 Å². The Kier molecular flexibility index (Phi) is 2.10. The zero-order valence-electron chi connectivity index (χ0n) is 9.03. The van der Waals surface area contributed by atoms with Gasteiger partial charge in [-0.15, -0.1) is 0 Å². The SMILES string of the molecule is Cc1ccc(C2=C[C@@H]3CNC[C@@H]3C2)cn1. The fourth-order valence-electron chi connectivity index (χ4n) is 2.65. The molecule has 0 unspecified atom stereocenters. The molecule has 0 bridgehead atoms. The molecule has 1 saturated heterocycles. The molecule has 2 heterocycles. The molecule has 0 saturated carbocycles. The van der Waals surface area contributed by atoms with Crippen molar-refractivity contribution >= 4 is 5.57 Å². The Balaban J connectivity index is 1.87. The van der Waals surface area contributed by atoms with E-state index in [4.69, 9.17) is 0 Å². The number of hydrogen-bond donors (Lipinski definition) is 1. The lowest BCUT2D eigenvalue weighted by Gasteiger charge is -2.06. The van der Waals surface area contributed by atoms with Gasteiger partial charge in [-0.3, -0.25) is 4.98 Å². The molecule has 1 aromatic rings. The van der Waals surface area contributed by atoms with Crippen LogP contribution in [0.2, 0.25) is 0 Å². The molecule has 0 spiro atoms. The normalized spacial score (nSPS) is 29.0. The first-order chi connectivity index (χ1) is 7.33. The number of fused-ring (bicyclic) bond motifs is 1. The Morgan fingerprint density at radius 2 is 2.27 bits per heavy atom. The third kappa shape index (κ3) is 1.59. The molecule has 1 fully saturated rings. The maximum Gasteiger partial charge on any atom is 0.0373 e. The number of aromatic nitrogens is 1. The van der Waals surface area contributed by atoms with Crippen LogP contribution in [-0.4, -0.2) is 18.1 Å². The summed E-state index contributed by atoms with van der Waals surface area (Å²) in [5.74, 6) is 1.60. The summed E-state index contributed by atoms with van der Waals surface area (Å²) in [5, 5.41) is 3.45. The van der Waals surface area contributed by atoms with E-state index in [1.807, 2.05) is 13.1 Å². The summed E-state index contributed by atoms with van der Waals surface area (Å²) in [5.41, 5.74) is 3.91. The number of nitrogens with zero attached hydrogens (tertiary/aromatic N) is 1. The van der Waals surface area contributed by atoms with Crippen molar-refractivity contribution in [2.75, 3.05) is 13.1 Å². The van der Waals surface area contributed by atoms with E-state index in [2.05, 4.69) is 28.5 Å². The van der Waals surface area contributed by atoms with E-state index in [0.717, 1.165) is 24.1 Å². The second-order valence-electron chi connectivity index (χ2n) is 4.67. The molecule has 1 aliphatic carbocycles. The lowest BCUT2D eigenvalue weighted by molar-refractivity contribution is 0.536. The van der Waals surface area contributed by atoms with Crippen molar-refractivity contribution < 1.29 is 0 Å². The second-order valence-corrected chi connectivity index (χ2v) is 4.67. The van der Waals surface area contributed by atoms with Crippen LogP contribution in [0.15, 0.2) is 24.4 Å². The highest BCUT2D eigenvalue weighted by Crippen LogP contribution is 2.37. The summed E-state index contributed by atoms with van der Waals surface area (Å²) >= 11 is 0. The Morgan fingerprint density at radius 1 is 1.33 bits per heavy atom. The highest BCUT2D eigenvalue weighted by molar-refractivity contribution is 5.67. The molecule has 0 aromatic carbocycles. The Labute approximate surface area is 90.4 Å². The summed E-state index contributed by atoms with van der Waals surface area (Å²) in [6.45, 7) is 4.38. The van der Waals surface area contributed by atoms with Crippen LogP contribution in [0.3, 0.4) is 0 Å². The molecule has 2 nitrogen and oxygen atoms in total. The van der Waals surface area contributed by atoms with Gasteiger partial charge in [0.2, 0.25) is 0 Å². The van der Waals surface area contributed by atoms with Gasteiger partial charge in [-0.05, 0) is 48.9 Å².